The zero-order valence-electron chi connectivity index (χ0n) is 21.3. The van der Waals surface area contributed by atoms with E-state index in [1.165, 1.54) is 37.7 Å². The van der Waals surface area contributed by atoms with Gasteiger partial charge in [0.1, 0.15) is 11.8 Å². The van der Waals surface area contributed by atoms with Crippen molar-refractivity contribution in [3.63, 3.8) is 0 Å². The molecule has 0 amide bonds. The molecule has 35 heavy (non-hydrogen) atoms. The Hall–Kier alpha value is -3.38. The third kappa shape index (κ3) is 7.82. The Balaban J connectivity index is 1.62. The highest BCUT2D eigenvalue weighted by atomic mass is 16.5. The molecule has 0 fully saturated rings. The minimum Gasteiger partial charge on any atom is -0.422 e. The van der Waals surface area contributed by atoms with Gasteiger partial charge in [0.2, 0.25) is 0 Å². The summed E-state index contributed by atoms with van der Waals surface area (Å²) in [6.07, 6.45) is 9.22. The van der Waals surface area contributed by atoms with Gasteiger partial charge in [-0.15, -0.1) is 0 Å². The maximum atomic E-state index is 12.7. The SMILES string of the molecule is CCCCCCc1ccc(OC(=O)c2ccc(-c3ccc(CC(C)CCC)cc3)cc2)c(C#N)c1. The summed E-state index contributed by atoms with van der Waals surface area (Å²) in [5, 5.41) is 9.55. The summed E-state index contributed by atoms with van der Waals surface area (Å²) in [6, 6.07) is 23.8. The molecule has 0 aliphatic heterocycles. The number of hydrogen-bond acceptors (Lipinski definition) is 3. The summed E-state index contributed by atoms with van der Waals surface area (Å²) in [5.41, 5.74) is 5.50. The number of carbonyl (C=O) groups is 1. The molecule has 0 aromatic heterocycles. The number of benzene rings is 3. The highest BCUT2D eigenvalue weighted by Gasteiger charge is 2.13. The van der Waals surface area contributed by atoms with Crippen LogP contribution in [-0.2, 0) is 12.8 Å². The quantitative estimate of drug-likeness (QED) is 0.152. The van der Waals surface area contributed by atoms with Crippen molar-refractivity contribution in [3.05, 3.63) is 89.0 Å². The van der Waals surface area contributed by atoms with Crippen LogP contribution in [0.1, 0.15) is 86.3 Å². The van der Waals surface area contributed by atoms with Crippen molar-refractivity contribution in [2.24, 2.45) is 5.92 Å². The Labute approximate surface area is 210 Å². The number of ether oxygens (including phenoxy) is 1. The van der Waals surface area contributed by atoms with Gasteiger partial charge in [-0.3, -0.25) is 0 Å². The van der Waals surface area contributed by atoms with Crippen molar-refractivity contribution >= 4 is 5.97 Å². The fraction of sp³-hybridized carbons (Fsp3) is 0.375. The Morgan fingerprint density at radius 2 is 1.51 bits per heavy atom. The lowest BCUT2D eigenvalue weighted by Crippen LogP contribution is -2.09. The Morgan fingerprint density at radius 3 is 2.14 bits per heavy atom. The number of nitrogens with zero attached hydrogens (tertiary/aromatic N) is 1. The summed E-state index contributed by atoms with van der Waals surface area (Å²) < 4.78 is 5.58. The van der Waals surface area contributed by atoms with Gasteiger partial charge in [-0.1, -0.05) is 95.3 Å². The van der Waals surface area contributed by atoms with Crippen LogP contribution in [0.2, 0.25) is 0 Å². The maximum Gasteiger partial charge on any atom is 0.343 e. The molecule has 3 nitrogen and oxygen atoms in total. The highest BCUT2D eigenvalue weighted by Crippen LogP contribution is 2.25. The first kappa shape index (κ1) is 26.2. The van der Waals surface area contributed by atoms with Gasteiger partial charge in [0.15, 0.2) is 0 Å². The van der Waals surface area contributed by atoms with Crippen molar-refractivity contribution in [1.29, 1.82) is 5.26 Å². The summed E-state index contributed by atoms with van der Waals surface area (Å²) in [4.78, 5) is 12.7. The standard InChI is InChI=1S/C32H37NO2/c1-4-6-7-8-10-25-13-20-31(30(22-25)23-33)35-32(34)29-18-16-28(17-19-29)27-14-11-26(12-15-27)21-24(3)9-5-2/h11-20,22,24H,4-10,21H2,1-3H3. The van der Waals surface area contributed by atoms with Gasteiger partial charge in [-0.05, 0) is 71.7 Å². The molecule has 0 bridgehead atoms. The molecule has 3 aromatic carbocycles. The van der Waals surface area contributed by atoms with E-state index in [1.807, 2.05) is 24.3 Å². The molecular formula is C32H37NO2. The Kier molecular flexibility index (Phi) is 10.1. The van der Waals surface area contributed by atoms with Crippen molar-refractivity contribution in [2.75, 3.05) is 0 Å². The summed E-state index contributed by atoms with van der Waals surface area (Å²) >= 11 is 0. The lowest BCUT2D eigenvalue weighted by Gasteiger charge is -2.11. The Morgan fingerprint density at radius 1 is 0.857 bits per heavy atom. The van der Waals surface area contributed by atoms with Crippen LogP contribution >= 0.6 is 0 Å². The summed E-state index contributed by atoms with van der Waals surface area (Å²) in [7, 11) is 0. The monoisotopic (exact) mass is 467 g/mol. The summed E-state index contributed by atoms with van der Waals surface area (Å²) in [6.45, 7) is 6.72. The largest absolute Gasteiger partial charge is 0.422 e. The predicted octanol–water partition coefficient (Wildman–Crippen LogP) is 8.55. The number of rotatable bonds is 12. The first-order chi connectivity index (χ1) is 17.0. The molecule has 0 heterocycles. The molecule has 1 atom stereocenters. The number of hydrogen-bond donors (Lipinski definition) is 0. The van der Waals surface area contributed by atoms with E-state index < -0.39 is 5.97 Å². The van der Waals surface area contributed by atoms with Crippen LogP contribution in [0.3, 0.4) is 0 Å². The maximum absolute atomic E-state index is 12.7. The van der Waals surface area contributed by atoms with E-state index >= 15 is 0 Å². The zero-order chi connectivity index (χ0) is 25.0. The molecule has 0 saturated heterocycles. The van der Waals surface area contributed by atoms with Gasteiger partial charge in [0, 0.05) is 0 Å². The van der Waals surface area contributed by atoms with Gasteiger partial charge in [-0.25, -0.2) is 4.79 Å². The van der Waals surface area contributed by atoms with Gasteiger partial charge in [0.05, 0.1) is 11.1 Å². The van der Waals surface area contributed by atoms with Gasteiger partial charge in [0.25, 0.3) is 0 Å². The van der Waals surface area contributed by atoms with Crippen LogP contribution < -0.4 is 4.74 Å². The molecule has 0 spiro atoms. The van der Waals surface area contributed by atoms with Crippen LogP contribution in [0.5, 0.6) is 5.75 Å². The van der Waals surface area contributed by atoms with Crippen LogP contribution in [-0.4, -0.2) is 5.97 Å². The van der Waals surface area contributed by atoms with Crippen molar-refractivity contribution in [1.82, 2.24) is 0 Å². The predicted molar refractivity (Wildman–Crippen MR) is 144 cm³/mol. The highest BCUT2D eigenvalue weighted by molar-refractivity contribution is 5.92. The molecule has 0 radical (unpaired) electrons. The number of esters is 1. The van der Waals surface area contributed by atoms with Gasteiger partial charge in [-0.2, -0.15) is 5.26 Å². The second-order valence-electron chi connectivity index (χ2n) is 9.51. The number of unbranched alkanes of at least 4 members (excludes halogenated alkanes) is 3. The molecule has 3 aromatic rings. The lowest BCUT2D eigenvalue weighted by molar-refractivity contribution is 0.0734. The molecule has 0 saturated carbocycles. The second kappa shape index (κ2) is 13.5. The Bertz CT molecular complexity index is 1120. The van der Waals surface area contributed by atoms with Crippen LogP contribution in [0.4, 0.5) is 0 Å². The van der Waals surface area contributed by atoms with Crippen molar-refractivity contribution < 1.29 is 9.53 Å². The fourth-order valence-electron chi connectivity index (χ4n) is 4.45. The molecule has 1 unspecified atom stereocenters. The fourth-order valence-corrected chi connectivity index (χ4v) is 4.45. The number of carbonyl (C=O) groups excluding carboxylic acids is 1. The molecule has 0 aliphatic rings. The first-order valence-electron chi connectivity index (χ1n) is 13.0. The average Bonchev–Trinajstić information content (AvgIpc) is 2.88. The number of nitriles is 1. The van der Waals surface area contributed by atoms with E-state index in [1.54, 1.807) is 18.2 Å². The minimum atomic E-state index is -0.455. The number of aryl methyl sites for hydroxylation is 1. The van der Waals surface area contributed by atoms with E-state index in [9.17, 15) is 10.1 Å². The van der Waals surface area contributed by atoms with Crippen LogP contribution in [0, 0.1) is 17.2 Å². The third-order valence-corrected chi connectivity index (χ3v) is 6.46. The lowest BCUT2D eigenvalue weighted by atomic mass is 9.95. The molecule has 0 N–H and O–H groups in total. The van der Waals surface area contributed by atoms with E-state index in [4.69, 9.17) is 4.74 Å². The van der Waals surface area contributed by atoms with Crippen molar-refractivity contribution in [3.8, 4) is 22.9 Å². The third-order valence-electron chi connectivity index (χ3n) is 6.46. The molecule has 3 rings (SSSR count). The van der Waals surface area contributed by atoms with E-state index in [0.29, 0.717) is 22.8 Å². The van der Waals surface area contributed by atoms with Gasteiger partial charge >= 0.3 is 5.97 Å². The molecule has 0 aliphatic carbocycles. The minimum absolute atomic E-state index is 0.312. The van der Waals surface area contributed by atoms with Crippen LogP contribution in [0.25, 0.3) is 11.1 Å². The van der Waals surface area contributed by atoms with Crippen LogP contribution in [0.15, 0.2) is 66.7 Å². The van der Waals surface area contributed by atoms with Gasteiger partial charge < -0.3 is 4.74 Å². The molecule has 182 valence electrons. The van der Waals surface area contributed by atoms with E-state index in [2.05, 4.69) is 51.1 Å². The van der Waals surface area contributed by atoms with Crippen molar-refractivity contribution in [2.45, 2.75) is 72.1 Å². The average molecular weight is 468 g/mol. The normalized spacial score (nSPS) is 11.6. The first-order valence-corrected chi connectivity index (χ1v) is 13.0. The van der Waals surface area contributed by atoms with E-state index in [0.717, 1.165) is 36.0 Å². The zero-order valence-corrected chi connectivity index (χ0v) is 21.3. The summed E-state index contributed by atoms with van der Waals surface area (Å²) in [5.74, 6) is 0.551. The second-order valence-corrected chi connectivity index (χ2v) is 9.51. The topological polar surface area (TPSA) is 50.1 Å². The van der Waals surface area contributed by atoms with E-state index in [-0.39, 0.29) is 0 Å². The molecular weight excluding hydrogens is 430 g/mol. The molecule has 3 heteroatoms. The smallest absolute Gasteiger partial charge is 0.343 e.